The summed E-state index contributed by atoms with van der Waals surface area (Å²) in [6.07, 6.45) is 4.51. The van der Waals surface area contributed by atoms with Gasteiger partial charge in [-0.05, 0) is 38.1 Å². The zero-order chi connectivity index (χ0) is 6.97. The van der Waals surface area contributed by atoms with Gasteiger partial charge in [0.1, 0.15) is 0 Å². The summed E-state index contributed by atoms with van der Waals surface area (Å²) < 4.78 is 0. The average Bonchev–Trinajstić information content (AvgIpc) is 2.33. The minimum absolute atomic E-state index is 0.00106. The number of rotatable bonds is 0. The van der Waals surface area contributed by atoms with Gasteiger partial charge in [-0.3, -0.25) is 0 Å². The lowest BCUT2D eigenvalue weighted by Crippen LogP contribution is -2.34. The molecule has 10 heavy (non-hydrogen) atoms. The Labute approximate surface area is 61.6 Å². The minimum atomic E-state index is 0.00106. The summed E-state index contributed by atoms with van der Waals surface area (Å²) in [7, 11) is 0. The molecule has 3 atom stereocenters. The van der Waals surface area contributed by atoms with Gasteiger partial charge in [-0.25, -0.2) is 0 Å². The molecule has 1 heterocycles. The molecule has 1 saturated heterocycles. The maximum Gasteiger partial charge on any atom is 0.0544 e. The first-order chi connectivity index (χ1) is 4.86. The van der Waals surface area contributed by atoms with E-state index in [-0.39, 0.29) is 6.10 Å². The molecule has 2 rings (SSSR count). The second-order valence-electron chi connectivity index (χ2n) is 3.58. The number of nitrogens with one attached hydrogen (secondary N) is 1. The van der Waals surface area contributed by atoms with Gasteiger partial charge >= 0.3 is 0 Å². The molecule has 1 aliphatic heterocycles. The fourth-order valence-corrected chi connectivity index (χ4v) is 2.28. The molecule has 2 fully saturated rings. The molecule has 0 aromatic carbocycles. The van der Waals surface area contributed by atoms with Gasteiger partial charge in [0.2, 0.25) is 0 Å². The van der Waals surface area contributed by atoms with Gasteiger partial charge in [0.05, 0.1) is 6.10 Å². The molecular weight excluding hydrogens is 126 g/mol. The van der Waals surface area contributed by atoms with Crippen molar-refractivity contribution in [3.05, 3.63) is 0 Å². The first-order valence-electron chi connectivity index (χ1n) is 4.28. The topological polar surface area (TPSA) is 32.3 Å². The van der Waals surface area contributed by atoms with Crippen LogP contribution in [0.2, 0.25) is 0 Å². The normalized spacial score (nSPS) is 47.1. The zero-order valence-electron chi connectivity index (χ0n) is 6.21. The summed E-state index contributed by atoms with van der Waals surface area (Å²) in [5.41, 5.74) is 0. The maximum atomic E-state index is 9.33. The number of hydrogen-bond donors (Lipinski definition) is 2. The lowest BCUT2D eigenvalue weighted by atomic mass is 9.84. The van der Waals surface area contributed by atoms with Crippen molar-refractivity contribution >= 4 is 0 Å². The van der Waals surface area contributed by atoms with Gasteiger partial charge in [0, 0.05) is 6.04 Å². The van der Waals surface area contributed by atoms with Crippen molar-refractivity contribution in [1.29, 1.82) is 0 Å². The smallest absolute Gasteiger partial charge is 0.0544 e. The first-order valence-corrected chi connectivity index (χ1v) is 4.28. The highest BCUT2D eigenvalue weighted by atomic mass is 16.3. The molecule has 58 valence electrons. The second kappa shape index (κ2) is 2.51. The van der Waals surface area contributed by atoms with Crippen LogP contribution in [-0.2, 0) is 0 Å². The van der Waals surface area contributed by atoms with Gasteiger partial charge in [-0.2, -0.15) is 0 Å². The van der Waals surface area contributed by atoms with Crippen molar-refractivity contribution in [3.63, 3.8) is 0 Å². The van der Waals surface area contributed by atoms with Crippen molar-refractivity contribution in [2.24, 2.45) is 5.92 Å². The van der Waals surface area contributed by atoms with Crippen LogP contribution in [0.5, 0.6) is 0 Å². The zero-order valence-corrected chi connectivity index (χ0v) is 6.21. The Hall–Kier alpha value is -0.0800. The van der Waals surface area contributed by atoms with Crippen LogP contribution in [0, 0.1) is 5.92 Å². The lowest BCUT2D eigenvalue weighted by Gasteiger charge is -2.28. The van der Waals surface area contributed by atoms with E-state index < -0.39 is 0 Å². The first kappa shape index (κ1) is 6.62. The monoisotopic (exact) mass is 141 g/mol. The van der Waals surface area contributed by atoms with Crippen LogP contribution >= 0.6 is 0 Å². The van der Waals surface area contributed by atoms with E-state index in [9.17, 15) is 5.11 Å². The van der Waals surface area contributed by atoms with Crippen molar-refractivity contribution in [1.82, 2.24) is 5.32 Å². The summed E-state index contributed by atoms with van der Waals surface area (Å²) in [4.78, 5) is 0. The van der Waals surface area contributed by atoms with E-state index in [2.05, 4.69) is 5.32 Å². The number of fused-ring (bicyclic) bond motifs is 1. The molecule has 0 aromatic heterocycles. The van der Waals surface area contributed by atoms with Gasteiger partial charge in [-0.1, -0.05) is 0 Å². The van der Waals surface area contributed by atoms with E-state index in [1.807, 2.05) is 0 Å². The molecule has 2 N–H and O–H groups in total. The molecule has 1 saturated carbocycles. The standard InChI is InChI=1S/C8H15NO/c10-7-1-2-8-6(5-7)3-4-9-8/h6-10H,1-5H2. The third-order valence-corrected chi connectivity index (χ3v) is 2.88. The number of aliphatic hydroxyl groups excluding tert-OH is 1. The van der Waals surface area contributed by atoms with Crippen LogP contribution in [0.1, 0.15) is 25.7 Å². The van der Waals surface area contributed by atoms with Crippen LogP contribution in [0.15, 0.2) is 0 Å². The summed E-state index contributed by atoms with van der Waals surface area (Å²) >= 11 is 0. The molecule has 1 aliphatic carbocycles. The fourth-order valence-electron chi connectivity index (χ4n) is 2.28. The minimum Gasteiger partial charge on any atom is -0.393 e. The summed E-state index contributed by atoms with van der Waals surface area (Å²) in [6, 6.07) is 0.739. The van der Waals surface area contributed by atoms with Gasteiger partial charge in [-0.15, -0.1) is 0 Å². The van der Waals surface area contributed by atoms with Crippen molar-refractivity contribution in [3.8, 4) is 0 Å². The van der Waals surface area contributed by atoms with Crippen LogP contribution in [0.3, 0.4) is 0 Å². The van der Waals surface area contributed by atoms with Gasteiger partial charge in [0.25, 0.3) is 0 Å². The largest absolute Gasteiger partial charge is 0.393 e. The highest BCUT2D eigenvalue weighted by Gasteiger charge is 2.32. The van der Waals surface area contributed by atoms with Gasteiger partial charge in [0.15, 0.2) is 0 Å². The average molecular weight is 141 g/mol. The molecular formula is C8H15NO. The highest BCUT2D eigenvalue weighted by molar-refractivity contribution is 4.89. The maximum absolute atomic E-state index is 9.33. The number of aliphatic hydroxyl groups is 1. The van der Waals surface area contributed by atoms with E-state index in [4.69, 9.17) is 0 Å². The molecule has 0 radical (unpaired) electrons. The third-order valence-electron chi connectivity index (χ3n) is 2.88. The predicted molar refractivity (Wildman–Crippen MR) is 39.8 cm³/mol. The number of hydrogen-bond acceptors (Lipinski definition) is 2. The summed E-state index contributed by atoms with van der Waals surface area (Å²) in [5, 5.41) is 12.8. The third kappa shape index (κ3) is 1.06. The Bertz CT molecular complexity index is 126. The quantitative estimate of drug-likeness (QED) is 0.515. The highest BCUT2D eigenvalue weighted by Crippen LogP contribution is 2.30. The lowest BCUT2D eigenvalue weighted by molar-refractivity contribution is 0.0951. The van der Waals surface area contributed by atoms with Gasteiger partial charge < -0.3 is 10.4 Å². The van der Waals surface area contributed by atoms with Crippen LogP contribution in [0.4, 0.5) is 0 Å². The van der Waals surface area contributed by atoms with Crippen LogP contribution < -0.4 is 5.32 Å². The van der Waals surface area contributed by atoms with Crippen molar-refractivity contribution in [2.75, 3.05) is 6.54 Å². The molecule has 2 aliphatic rings. The summed E-state index contributed by atoms with van der Waals surface area (Å²) in [6.45, 7) is 1.17. The Kier molecular flexibility index (Phi) is 1.66. The van der Waals surface area contributed by atoms with E-state index in [1.165, 1.54) is 19.4 Å². The molecule has 0 amide bonds. The fraction of sp³-hybridized carbons (Fsp3) is 1.00. The van der Waals surface area contributed by atoms with E-state index in [0.717, 1.165) is 24.8 Å². The molecule has 2 nitrogen and oxygen atoms in total. The second-order valence-corrected chi connectivity index (χ2v) is 3.58. The van der Waals surface area contributed by atoms with E-state index in [0.29, 0.717) is 0 Å². The SMILES string of the molecule is OC1CCC2NCCC2C1. The summed E-state index contributed by atoms with van der Waals surface area (Å²) in [5.74, 6) is 0.781. The van der Waals surface area contributed by atoms with Crippen LogP contribution in [0.25, 0.3) is 0 Å². The van der Waals surface area contributed by atoms with E-state index in [1.54, 1.807) is 0 Å². The Morgan fingerprint density at radius 3 is 3.00 bits per heavy atom. The van der Waals surface area contributed by atoms with Crippen molar-refractivity contribution < 1.29 is 5.11 Å². The molecule has 3 unspecified atom stereocenters. The molecule has 0 bridgehead atoms. The van der Waals surface area contributed by atoms with Crippen molar-refractivity contribution in [2.45, 2.75) is 37.8 Å². The van der Waals surface area contributed by atoms with Crippen LogP contribution in [-0.4, -0.2) is 23.8 Å². The molecule has 0 spiro atoms. The molecule has 0 aromatic rings. The van der Waals surface area contributed by atoms with E-state index >= 15 is 0 Å². The predicted octanol–water partition coefficient (Wildman–Crippen LogP) is 0.509. The Morgan fingerprint density at radius 1 is 1.20 bits per heavy atom. The Morgan fingerprint density at radius 2 is 2.10 bits per heavy atom. The Balaban J connectivity index is 1.96. The molecule has 2 heteroatoms.